The fourth-order valence-corrected chi connectivity index (χ4v) is 4.96. The molecule has 4 atom stereocenters. The van der Waals surface area contributed by atoms with Gasteiger partial charge < -0.3 is 15.2 Å². The standard InChI is InChI=1S/C26H26FN3O3/c27-20-8-3-9-21(13-20)33-23-14-22(29-26(32)18-7-4-11-28-15-18)24(25(23)31)30-12-10-17-5-1-2-6-19(17)16-30/h1-9,11,13,15,22-25,31H,10,12,14,16H2,(H,29,32)/t22-,23-,24+,25+/m1/s1. The molecule has 0 spiro atoms. The lowest BCUT2D eigenvalue weighted by Gasteiger charge is -2.38. The van der Waals surface area contributed by atoms with Crippen LogP contribution < -0.4 is 10.1 Å². The van der Waals surface area contributed by atoms with Gasteiger partial charge in [-0.2, -0.15) is 0 Å². The van der Waals surface area contributed by atoms with Crippen molar-refractivity contribution in [3.8, 4) is 5.75 Å². The molecule has 2 aromatic carbocycles. The Balaban J connectivity index is 1.39. The minimum Gasteiger partial charge on any atom is -0.487 e. The van der Waals surface area contributed by atoms with Crippen LogP contribution in [0.4, 0.5) is 4.39 Å². The van der Waals surface area contributed by atoms with Crippen LogP contribution in [0.15, 0.2) is 73.1 Å². The van der Waals surface area contributed by atoms with E-state index in [1.165, 1.54) is 29.5 Å². The van der Waals surface area contributed by atoms with Gasteiger partial charge in [-0.15, -0.1) is 0 Å². The molecule has 1 saturated carbocycles. The Labute approximate surface area is 192 Å². The van der Waals surface area contributed by atoms with Crippen molar-refractivity contribution in [1.29, 1.82) is 0 Å². The van der Waals surface area contributed by atoms with E-state index in [2.05, 4.69) is 27.3 Å². The molecule has 5 rings (SSSR count). The Hall–Kier alpha value is -3.29. The quantitative estimate of drug-likeness (QED) is 0.629. The molecule has 33 heavy (non-hydrogen) atoms. The molecule has 1 amide bonds. The van der Waals surface area contributed by atoms with Crippen LogP contribution in [-0.4, -0.2) is 51.7 Å². The van der Waals surface area contributed by atoms with Gasteiger partial charge in [0.05, 0.1) is 17.6 Å². The summed E-state index contributed by atoms with van der Waals surface area (Å²) in [5, 5.41) is 14.4. The van der Waals surface area contributed by atoms with Gasteiger partial charge in [0, 0.05) is 38.0 Å². The molecular weight excluding hydrogens is 421 g/mol. The largest absolute Gasteiger partial charge is 0.487 e. The minimum absolute atomic E-state index is 0.242. The first-order chi connectivity index (χ1) is 16.1. The first-order valence-corrected chi connectivity index (χ1v) is 11.2. The third-order valence-corrected chi connectivity index (χ3v) is 6.53. The molecule has 7 heteroatoms. The van der Waals surface area contributed by atoms with Gasteiger partial charge in [0.15, 0.2) is 0 Å². The molecule has 0 saturated heterocycles. The highest BCUT2D eigenvalue weighted by Crippen LogP contribution is 2.32. The van der Waals surface area contributed by atoms with Crippen molar-refractivity contribution in [2.24, 2.45) is 0 Å². The molecule has 1 fully saturated rings. The van der Waals surface area contributed by atoms with Gasteiger partial charge >= 0.3 is 0 Å². The van der Waals surface area contributed by atoms with Gasteiger partial charge in [-0.05, 0) is 41.8 Å². The molecule has 1 aliphatic carbocycles. The van der Waals surface area contributed by atoms with Gasteiger partial charge in [0.1, 0.15) is 23.8 Å². The van der Waals surface area contributed by atoms with Gasteiger partial charge in [-0.1, -0.05) is 30.3 Å². The lowest BCUT2D eigenvalue weighted by molar-refractivity contribution is 0.00250. The van der Waals surface area contributed by atoms with Gasteiger partial charge in [-0.25, -0.2) is 4.39 Å². The summed E-state index contributed by atoms with van der Waals surface area (Å²) >= 11 is 0. The number of rotatable bonds is 5. The Morgan fingerprint density at radius 1 is 1.12 bits per heavy atom. The fraction of sp³-hybridized carbons (Fsp3) is 0.308. The molecule has 3 aromatic rings. The second-order valence-corrected chi connectivity index (χ2v) is 8.64. The number of aromatic nitrogens is 1. The third-order valence-electron chi connectivity index (χ3n) is 6.53. The first-order valence-electron chi connectivity index (χ1n) is 11.2. The molecule has 2 N–H and O–H groups in total. The van der Waals surface area contributed by atoms with E-state index in [1.807, 2.05) is 12.1 Å². The lowest BCUT2D eigenvalue weighted by Crippen LogP contribution is -2.54. The van der Waals surface area contributed by atoms with Crippen LogP contribution in [0.1, 0.15) is 27.9 Å². The van der Waals surface area contributed by atoms with Gasteiger partial charge in [0.2, 0.25) is 0 Å². The Bertz CT molecular complexity index is 1130. The summed E-state index contributed by atoms with van der Waals surface area (Å²) in [6, 6.07) is 17.0. The number of halogens is 1. The van der Waals surface area contributed by atoms with E-state index in [0.717, 1.165) is 13.0 Å². The van der Waals surface area contributed by atoms with Crippen LogP contribution >= 0.6 is 0 Å². The summed E-state index contributed by atoms with van der Waals surface area (Å²) in [4.78, 5) is 19.1. The van der Waals surface area contributed by atoms with Crippen LogP contribution in [0.25, 0.3) is 0 Å². The monoisotopic (exact) mass is 447 g/mol. The van der Waals surface area contributed by atoms with E-state index in [4.69, 9.17) is 4.74 Å². The number of aliphatic hydroxyl groups excluding tert-OH is 1. The number of carbonyl (C=O) groups is 1. The topological polar surface area (TPSA) is 74.7 Å². The van der Waals surface area contributed by atoms with Gasteiger partial charge in [0.25, 0.3) is 5.91 Å². The molecule has 0 bridgehead atoms. The third kappa shape index (κ3) is 4.60. The number of nitrogens with one attached hydrogen (secondary N) is 1. The SMILES string of the molecule is O=C(N[C@@H]1C[C@@H](Oc2cccc(F)c2)[C@H](O)[C@H]1N1CCc2ccccc2C1)c1cccnc1. The minimum atomic E-state index is -0.849. The number of hydrogen-bond acceptors (Lipinski definition) is 5. The van der Waals surface area contributed by atoms with Crippen LogP contribution in [0, 0.1) is 5.82 Å². The number of aliphatic hydroxyl groups is 1. The number of carbonyl (C=O) groups excluding carboxylic acids is 1. The second-order valence-electron chi connectivity index (χ2n) is 8.64. The average molecular weight is 448 g/mol. The number of amides is 1. The summed E-state index contributed by atoms with van der Waals surface area (Å²) in [6.07, 6.45) is 3.00. The van der Waals surface area contributed by atoms with Crippen molar-refractivity contribution in [3.63, 3.8) is 0 Å². The first kappa shape index (κ1) is 21.6. The zero-order chi connectivity index (χ0) is 22.8. The van der Waals surface area contributed by atoms with Crippen molar-refractivity contribution >= 4 is 5.91 Å². The summed E-state index contributed by atoms with van der Waals surface area (Å²) in [5.74, 6) is -0.277. The smallest absolute Gasteiger partial charge is 0.253 e. The number of fused-ring (bicyclic) bond motifs is 1. The van der Waals surface area contributed by atoms with E-state index in [9.17, 15) is 14.3 Å². The van der Waals surface area contributed by atoms with E-state index in [0.29, 0.717) is 24.3 Å². The van der Waals surface area contributed by atoms with Crippen LogP contribution in [0.2, 0.25) is 0 Å². The van der Waals surface area contributed by atoms with Crippen LogP contribution in [0.5, 0.6) is 5.75 Å². The number of ether oxygens (including phenoxy) is 1. The maximum Gasteiger partial charge on any atom is 0.253 e. The van der Waals surface area contributed by atoms with Crippen molar-refractivity contribution in [2.45, 2.75) is 43.7 Å². The van der Waals surface area contributed by atoms with Gasteiger partial charge in [-0.3, -0.25) is 14.7 Å². The zero-order valence-electron chi connectivity index (χ0n) is 18.1. The predicted octanol–water partition coefficient (Wildman–Crippen LogP) is 2.96. The number of benzene rings is 2. The second kappa shape index (κ2) is 9.29. The molecule has 1 aliphatic heterocycles. The Kier molecular flexibility index (Phi) is 6.07. The molecule has 2 heterocycles. The fourth-order valence-electron chi connectivity index (χ4n) is 4.96. The summed E-state index contributed by atoms with van der Waals surface area (Å²) in [6.45, 7) is 1.45. The maximum atomic E-state index is 13.7. The van der Waals surface area contributed by atoms with E-state index >= 15 is 0 Å². The molecule has 1 aromatic heterocycles. The average Bonchev–Trinajstić information content (AvgIpc) is 3.13. The summed E-state index contributed by atoms with van der Waals surface area (Å²) in [7, 11) is 0. The molecule has 0 radical (unpaired) electrons. The Morgan fingerprint density at radius 3 is 2.76 bits per heavy atom. The van der Waals surface area contributed by atoms with Crippen molar-refractivity contribution in [1.82, 2.24) is 15.2 Å². The van der Waals surface area contributed by atoms with E-state index in [-0.39, 0.29) is 18.0 Å². The normalized spacial score (nSPS) is 24.8. The predicted molar refractivity (Wildman–Crippen MR) is 121 cm³/mol. The highest BCUT2D eigenvalue weighted by molar-refractivity contribution is 5.94. The van der Waals surface area contributed by atoms with Crippen LogP contribution in [-0.2, 0) is 13.0 Å². The summed E-state index contributed by atoms with van der Waals surface area (Å²) < 4.78 is 19.7. The van der Waals surface area contributed by atoms with E-state index < -0.39 is 18.0 Å². The molecule has 6 nitrogen and oxygen atoms in total. The Morgan fingerprint density at radius 2 is 1.97 bits per heavy atom. The molecule has 0 unspecified atom stereocenters. The lowest BCUT2D eigenvalue weighted by atomic mass is 9.97. The van der Waals surface area contributed by atoms with Crippen LogP contribution in [0.3, 0.4) is 0 Å². The zero-order valence-corrected chi connectivity index (χ0v) is 18.1. The number of nitrogens with zero attached hydrogens (tertiary/aromatic N) is 2. The van der Waals surface area contributed by atoms with Crippen molar-refractivity contribution < 1.29 is 19.0 Å². The summed E-state index contributed by atoms with van der Waals surface area (Å²) in [5.41, 5.74) is 3.00. The molecule has 170 valence electrons. The maximum absolute atomic E-state index is 13.7. The highest BCUT2D eigenvalue weighted by Gasteiger charge is 2.48. The van der Waals surface area contributed by atoms with Crippen molar-refractivity contribution in [2.75, 3.05) is 6.54 Å². The number of pyridine rings is 1. The van der Waals surface area contributed by atoms with Crippen molar-refractivity contribution in [3.05, 3.63) is 95.6 Å². The molecule has 2 aliphatic rings. The number of hydrogen-bond donors (Lipinski definition) is 2. The van der Waals surface area contributed by atoms with E-state index in [1.54, 1.807) is 30.5 Å². The highest BCUT2D eigenvalue weighted by atomic mass is 19.1. The molecular formula is C26H26FN3O3.